The zero-order chi connectivity index (χ0) is 11.0. The maximum Gasteiger partial charge on any atom is 0.306 e. The third kappa shape index (κ3) is 6.66. The molecular weight excluding hydrogens is 178 g/mol. The highest BCUT2D eigenvalue weighted by atomic mass is 16.5. The van der Waals surface area contributed by atoms with Crippen LogP contribution in [-0.2, 0) is 9.53 Å². The molecule has 0 fully saturated rings. The Morgan fingerprint density at radius 1 is 1.57 bits per heavy atom. The van der Waals surface area contributed by atoms with Crippen molar-refractivity contribution < 1.29 is 9.53 Å². The summed E-state index contributed by atoms with van der Waals surface area (Å²) in [5, 5.41) is 0. The lowest BCUT2D eigenvalue weighted by Gasteiger charge is -2.15. The van der Waals surface area contributed by atoms with Crippen molar-refractivity contribution in [3.8, 4) is 0 Å². The molecule has 0 saturated heterocycles. The lowest BCUT2D eigenvalue weighted by molar-refractivity contribution is -0.143. The molecule has 0 saturated carbocycles. The third-order valence-electron chi connectivity index (χ3n) is 1.96. The Morgan fingerprint density at radius 2 is 2.21 bits per heavy atom. The summed E-state index contributed by atoms with van der Waals surface area (Å²) in [6.07, 6.45) is 2.96. The quantitative estimate of drug-likeness (QED) is 0.502. The summed E-state index contributed by atoms with van der Waals surface area (Å²) in [6, 6.07) is 0. The van der Waals surface area contributed by atoms with Crippen molar-refractivity contribution in [3.05, 3.63) is 12.7 Å². The SMILES string of the molecule is C=CCOC(=O)C[C@@H](CN)CC(C)C. The van der Waals surface area contributed by atoms with Crippen LogP contribution in [0.15, 0.2) is 12.7 Å². The number of hydrogen-bond acceptors (Lipinski definition) is 3. The summed E-state index contributed by atoms with van der Waals surface area (Å²) in [5.41, 5.74) is 5.57. The molecular formula is C11H21NO2. The van der Waals surface area contributed by atoms with Crippen molar-refractivity contribution in [3.63, 3.8) is 0 Å². The molecule has 0 amide bonds. The molecule has 14 heavy (non-hydrogen) atoms. The first-order valence-corrected chi connectivity index (χ1v) is 5.06. The van der Waals surface area contributed by atoms with E-state index in [4.69, 9.17) is 10.5 Å². The Kier molecular flexibility index (Phi) is 7.11. The Morgan fingerprint density at radius 3 is 2.64 bits per heavy atom. The van der Waals surface area contributed by atoms with Gasteiger partial charge >= 0.3 is 5.97 Å². The molecule has 0 unspecified atom stereocenters. The molecule has 3 heteroatoms. The Labute approximate surface area is 86.3 Å². The lowest BCUT2D eigenvalue weighted by atomic mass is 9.94. The van der Waals surface area contributed by atoms with Gasteiger partial charge in [-0.1, -0.05) is 26.5 Å². The zero-order valence-electron chi connectivity index (χ0n) is 9.16. The molecule has 2 N–H and O–H groups in total. The van der Waals surface area contributed by atoms with E-state index in [9.17, 15) is 4.79 Å². The highest BCUT2D eigenvalue weighted by Gasteiger charge is 2.14. The predicted molar refractivity (Wildman–Crippen MR) is 57.8 cm³/mol. The van der Waals surface area contributed by atoms with Gasteiger partial charge in [-0.25, -0.2) is 0 Å². The molecule has 1 atom stereocenters. The Hall–Kier alpha value is -0.830. The number of esters is 1. The monoisotopic (exact) mass is 199 g/mol. The van der Waals surface area contributed by atoms with Gasteiger partial charge in [-0.2, -0.15) is 0 Å². The van der Waals surface area contributed by atoms with E-state index in [-0.39, 0.29) is 18.5 Å². The summed E-state index contributed by atoms with van der Waals surface area (Å²) in [6.45, 7) is 8.56. The molecule has 3 nitrogen and oxygen atoms in total. The predicted octanol–water partition coefficient (Wildman–Crippen LogP) is 1.73. The van der Waals surface area contributed by atoms with E-state index in [1.165, 1.54) is 0 Å². The topological polar surface area (TPSA) is 52.3 Å². The molecule has 0 heterocycles. The Balaban J connectivity index is 3.79. The minimum atomic E-state index is -0.180. The molecule has 0 aromatic heterocycles. The summed E-state index contributed by atoms with van der Waals surface area (Å²) >= 11 is 0. The van der Waals surface area contributed by atoms with Gasteiger partial charge in [-0.3, -0.25) is 4.79 Å². The maximum absolute atomic E-state index is 11.2. The van der Waals surface area contributed by atoms with Crippen molar-refractivity contribution in [1.82, 2.24) is 0 Å². The second-order valence-corrected chi connectivity index (χ2v) is 3.91. The normalized spacial score (nSPS) is 12.6. The van der Waals surface area contributed by atoms with Crippen LogP contribution < -0.4 is 5.73 Å². The zero-order valence-corrected chi connectivity index (χ0v) is 9.16. The second-order valence-electron chi connectivity index (χ2n) is 3.91. The van der Waals surface area contributed by atoms with Crippen LogP contribution in [-0.4, -0.2) is 19.1 Å². The van der Waals surface area contributed by atoms with Gasteiger partial charge in [-0.15, -0.1) is 0 Å². The van der Waals surface area contributed by atoms with Gasteiger partial charge in [0.15, 0.2) is 0 Å². The van der Waals surface area contributed by atoms with E-state index < -0.39 is 0 Å². The van der Waals surface area contributed by atoms with Crippen LogP contribution in [0, 0.1) is 11.8 Å². The first-order chi connectivity index (χ1) is 6.60. The van der Waals surface area contributed by atoms with Crippen molar-refractivity contribution >= 4 is 5.97 Å². The fraction of sp³-hybridized carbons (Fsp3) is 0.727. The number of ether oxygens (including phenoxy) is 1. The smallest absolute Gasteiger partial charge is 0.306 e. The second kappa shape index (κ2) is 7.56. The van der Waals surface area contributed by atoms with Gasteiger partial charge < -0.3 is 10.5 Å². The van der Waals surface area contributed by atoms with Gasteiger partial charge in [0.25, 0.3) is 0 Å². The summed E-state index contributed by atoms with van der Waals surface area (Å²) in [4.78, 5) is 11.2. The van der Waals surface area contributed by atoms with E-state index in [0.29, 0.717) is 18.9 Å². The number of hydrogen-bond donors (Lipinski definition) is 1. The standard InChI is InChI=1S/C11H21NO2/c1-4-5-14-11(13)7-10(8-12)6-9(2)3/h4,9-10H,1,5-8,12H2,2-3H3/t10-/m0/s1. The first-order valence-electron chi connectivity index (χ1n) is 5.06. The molecule has 0 aromatic rings. The molecule has 0 bridgehead atoms. The highest BCUT2D eigenvalue weighted by molar-refractivity contribution is 5.69. The fourth-order valence-corrected chi connectivity index (χ4v) is 1.38. The van der Waals surface area contributed by atoms with Crippen LogP contribution >= 0.6 is 0 Å². The first kappa shape index (κ1) is 13.2. The molecule has 82 valence electrons. The third-order valence-corrected chi connectivity index (χ3v) is 1.96. The van der Waals surface area contributed by atoms with E-state index in [0.717, 1.165) is 6.42 Å². The molecule has 0 rings (SSSR count). The van der Waals surface area contributed by atoms with Crippen molar-refractivity contribution in [2.75, 3.05) is 13.2 Å². The number of nitrogens with two attached hydrogens (primary N) is 1. The highest BCUT2D eigenvalue weighted by Crippen LogP contribution is 2.14. The van der Waals surface area contributed by atoms with E-state index in [1.807, 2.05) is 0 Å². The molecule has 0 spiro atoms. The van der Waals surface area contributed by atoms with Gasteiger partial charge in [0.2, 0.25) is 0 Å². The van der Waals surface area contributed by atoms with Gasteiger partial charge in [-0.05, 0) is 24.8 Å². The Bertz CT molecular complexity index is 178. The summed E-state index contributed by atoms with van der Waals surface area (Å²) < 4.78 is 4.89. The largest absolute Gasteiger partial charge is 0.461 e. The molecule has 0 aromatic carbocycles. The number of rotatable bonds is 7. The van der Waals surface area contributed by atoms with E-state index in [1.54, 1.807) is 6.08 Å². The van der Waals surface area contributed by atoms with Crippen LogP contribution in [0.25, 0.3) is 0 Å². The molecule has 0 radical (unpaired) electrons. The fourth-order valence-electron chi connectivity index (χ4n) is 1.38. The number of carbonyl (C=O) groups excluding carboxylic acids is 1. The average molecular weight is 199 g/mol. The molecule has 0 aliphatic rings. The van der Waals surface area contributed by atoms with Crippen molar-refractivity contribution in [2.45, 2.75) is 26.7 Å². The van der Waals surface area contributed by atoms with Gasteiger partial charge in [0, 0.05) is 6.42 Å². The van der Waals surface area contributed by atoms with Crippen molar-refractivity contribution in [1.29, 1.82) is 0 Å². The minimum Gasteiger partial charge on any atom is -0.461 e. The van der Waals surface area contributed by atoms with Gasteiger partial charge in [0.05, 0.1) is 0 Å². The van der Waals surface area contributed by atoms with Gasteiger partial charge in [0.1, 0.15) is 6.61 Å². The minimum absolute atomic E-state index is 0.180. The van der Waals surface area contributed by atoms with Crippen LogP contribution in [0.4, 0.5) is 0 Å². The van der Waals surface area contributed by atoms with E-state index >= 15 is 0 Å². The lowest BCUT2D eigenvalue weighted by Crippen LogP contribution is -2.21. The van der Waals surface area contributed by atoms with Crippen LogP contribution in [0.1, 0.15) is 26.7 Å². The van der Waals surface area contributed by atoms with Crippen LogP contribution in [0.2, 0.25) is 0 Å². The average Bonchev–Trinajstić information content (AvgIpc) is 2.12. The van der Waals surface area contributed by atoms with Crippen LogP contribution in [0.3, 0.4) is 0 Å². The van der Waals surface area contributed by atoms with Crippen LogP contribution in [0.5, 0.6) is 0 Å². The van der Waals surface area contributed by atoms with E-state index in [2.05, 4.69) is 20.4 Å². The number of carbonyl (C=O) groups is 1. The maximum atomic E-state index is 11.2. The summed E-state index contributed by atoms with van der Waals surface area (Å²) in [7, 11) is 0. The van der Waals surface area contributed by atoms with Crippen molar-refractivity contribution in [2.24, 2.45) is 17.6 Å². The molecule has 0 aliphatic heterocycles. The molecule has 0 aliphatic carbocycles. The summed E-state index contributed by atoms with van der Waals surface area (Å²) in [5.74, 6) is 0.629.